The number of aromatic nitrogens is 1. The van der Waals surface area contributed by atoms with Crippen LogP contribution in [0.1, 0.15) is 0 Å². The highest BCUT2D eigenvalue weighted by Gasteiger charge is 2.16. The molecule has 0 amide bonds. The molecule has 0 saturated heterocycles. The maximum absolute atomic E-state index is 6.03. The second kappa shape index (κ2) is 6.28. The van der Waals surface area contributed by atoms with Gasteiger partial charge in [-0.05, 0) is 29.1 Å². The molecule has 0 unspecified atom stereocenters. The van der Waals surface area contributed by atoms with Crippen molar-refractivity contribution in [3.8, 4) is 31.6 Å². The van der Waals surface area contributed by atoms with Crippen LogP contribution in [0, 0.1) is 0 Å². The minimum Gasteiger partial charge on any atom is -0.235 e. The second-order valence-corrected chi connectivity index (χ2v) is 7.43. The lowest BCUT2D eigenvalue weighted by Crippen LogP contribution is -1.82. The smallest absolute Gasteiger partial charge is 0.134 e. The normalized spacial score (nSPS) is 10.8. The summed E-state index contributed by atoms with van der Waals surface area (Å²) in [5.74, 6) is 0. The van der Waals surface area contributed by atoms with Crippen LogP contribution in [0.3, 0.4) is 0 Å². The number of rotatable bonds is 3. The molecule has 112 valence electrons. The molecule has 0 N–H and O–H groups in total. The van der Waals surface area contributed by atoms with Gasteiger partial charge in [0.05, 0.1) is 15.4 Å². The number of benzene rings is 2. The van der Waals surface area contributed by atoms with Crippen molar-refractivity contribution in [1.82, 2.24) is 4.98 Å². The van der Waals surface area contributed by atoms with Crippen LogP contribution >= 0.6 is 34.3 Å². The third-order valence-electron chi connectivity index (χ3n) is 3.51. The minimum absolute atomic E-state index is 0.740. The van der Waals surface area contributed by atoms with Crippen molar-refractivity contribution in [2.45, 2.75) is 0 Å². The Labute approximate surface area is 147 Å². The molecular weight excluding hydrogens is 342 g/mol. The number of hydrogen-bond donors (Lipinski definition) is 0. The van der Waals surface area contributed by atoms with Crippen molar-refractivity contribution in [1.29, 1.82) is 0 Å². The van der Waals surface area contributed by atoms with Gasteiger partial charge in [-0.15, -0.1) is 22.7 Å². The van der Waals surface area contributed by atoms with Crippen molar-refractivity contribution < 1.29 is 0 Å². The van der Waals surface area contributed by atoms with Crippen molar-refractivity contribution in [3.05, 3.63) is 77.1 Å². The zero-order valence-corrected chi connectivity index (χ0v) is 14.5. The summed E-state index contributed by atoms with van der Waals surface area (Å²) in [5.41, 5.74) is 3.30. The third kappa shape index (κ3) is 2.95. The van der Waals surface area contributed by atoms with Gasteiger partial charge < -0.3 is 0 Å². The van der Waals surface area contributed by atoms with Gasteiger partial charge in [-0.3, -0.25) is 0 Å². The molecule has 4 heteroatoms. The molecule has 4 aromatic rings. The summed E-state index contributed by atoms with van der Waals surface area (Å²) >= 11 is 9.48. The van der Waals surface area contributed by atoms with Crippen LogP contribution in [-0.2, 0) is 0 Å². The summed E-state index contributed by atoms with van der Waals surface area (Å²) in [5, 5.41) is 3.88. The fourth-order valence-electron chi connectivity index (χ4n) is 2.41. The van der Waals surface area contributed by atoms with E-state index in [2.05, 4.69) is 41.8 Å². The molecular formula is C19H12ClNS2. The van der Waals surface area contributed by atoms with Gasteiger partial charge >= 0.3 is 0 Å². The standard InChI is InChI=1S/C19H12ClNS2/c20-15-10-8-13(9-11-15)17-18(14-5-2-1-3-6-14)23-19(21-17)16-7-4-12-22-16/h1-12H. The molecule has 23 heavy (non-hydrogen) atoms. The molecule has 2 aromatic heterocycles. The zero-order chi connectivity index (χ0) is 15.6. The lowest BCUT2D eigenvalue weighted by molar-refractivity contribution is 1.41. The van der Waals surface area contributed by atoms with Crippen molar-refractivity contribution in [3.63, 3.8) is 0 Å². The molecule has 4 rings (SSSR count). The highest BCUT2D eigenvalue weighted by atomic mass is 35.5. The molecule has 1 nitrogen and oxygen atoms in total. The van der Waals surface area contributed by atoms with E-state index in [1.807, 2.05) is 30.3 Å². The lowest BCUT2D eigenvalue weighted by Gasteiger charge is -2.02. The predicted molar refractivity (Wildman–Crippen MR) is 101 cm³/mol. The van der Waals surface area contributed by atoms with Gasteiger partial charge in [-0.25, -0.2) is 4.98 Å². The fraction of sp³-hybridized carbons (Fsp3) is 0. The molecule has 0 fully saturated rings. The van der Waals surface area contributed by atoms with E-state index in [4.69, 9.17) is 16.6 Å². The van der Waals surface area contributed by atoms with E-state index in [9.17, 15) is 0 Å². The Hall–Kier alpha value is -1.94. The summed E-state index contributed by atoms with van der Waals surface area (Å²) in [6.07, 6.45) is 0. The lowest BCUT2D eigenvalue weighted by atomic mass is 10.1. The van der Waals surface area contributed by atoms with E-state index in [1.165, 1.54) is 15.3 Å². The van der Waals surface area contributed by atoms with Crippen LogP contribution < -0.4 is 0 Å². The van der Waals surface area contributed by atoms with E-state index in [0.717, 1.165) is 21.3 Å². The average Bonchev–Trinajstić information content (AvgIpc) is 3.26. The fourth-order valence-corrected chi connectivity index (χ4v) is 4.43. The van der Waals surface area contributed by atoms with Crippen LogP contribution in [-0.4, -0.2) is 4.98 Å². The highest BCUT2D eigenvalue weighted by Crippen LogP contribution is 2.41. The molecule has 0 spiro atoms. The van der Waals surface area contributed by atoms with E-state index in [0.29, 0.717) is 0 Å². The maximum Gasteiger partial charge on any atom is 0.134 e. The Morgan fingerprint density at radius 2 is 1.57 bits per heavy atom. The van der Waals surface area contributed by atoms with E-state index in [-0.39, 0.29) is 0 Å². The Balaban J connectivity index is 1.90. The quantitative estimate of drug-likeness (QED) is 0.392. The van der Waals surface area contributed by atoms with E-state index in [1.54, 1.807) is 22.7 Å². The first-order valence-electron chi connectivity index (χ1n) is 7.17. The molecule has 0 aliphatic carbocycles. The van der Waals surface area contributed by atoms with Crippen LogP contribution in [0.4, 0.5) is 0 Å². The molecule has 0 radical (unpaired) electrons. The number of hydrogen-bond acceptors (Lipinski definition) is 3. The number of nitrogens with zero attached hydrogens (tertiary/aromatic N) is 1. The Bertz CT molecular complexity index is 910. The first-order chi connectivity index (χ1) is 11.3. The summed E-state index contributed by atoms with van der Waals surface area (Å²) < 4.78 is 0. The van der Waals surface area contributed by atoms with Crippen molar-refractivity contribution in [2.75, 3.05) is 0 Å². The molecule has 0 saturated carbocycles. The first-order valence-corrected chi connectivity index (χ1v) is 9.25. The van der Waals surface area contributed by atoms with Gasteiger partial charge in [0.25, 0.3) is 0 Å². The number of thiazole rings is 1. The van der Waals surface area contributed by atoms with Gasteiger partial charge in [-0.2, -0.15) is 0 Å². The first kappa shape index (κ1) is 14.6. The molecule has 2 aromatic carbocycles. The van der Waals surface area contributed by atoms with Crippen LogP contribution in [0.2, 0.25) is 5.02 Å². The van der Waals surface area contributed by atoms with Crippen molar-refractivity contribution >= 4 is 34.3 Å². The summed E-state index contributed by atoms with van der Waals surface area (Å²) in [6.45, 7) is 0. The van der Waals surface area contributed by atoms with E-state index >= 15 is 0 Å². The molecule has 2 heterocycles. The number of thiophene rings is 1. The predicted octanol–water partition coefficient (Wildman–Crippen LogP) is 6.86. The summed E-state index contributed by atoms with van der Waals surface area (Å²) in [7, 11) is 0. The maximum atomic E-state index is 6.03. The van der Waals surface area contributed by atoms with Gasteiger partial charge in [-0.1, -0.05) is 60.1 Å². The van der Waals surface area contributed by atoms with Gasteiger partial charge in [0.2, 0.25) is 0 Å². The largest absolute Gasteiger partial charge is 0.235 e. The van der Waals surface area contributed by atoms with Gasteiger partial charge in [0.1, 0.15) is 5.01 Å². The van der Waals surface area contributed by atoms with Crippen molar-refractivity contribution in [2.24, 2.45) is 0 Å². The van der Waals surface area contributed by atoms with Gasteiger partial charge in [0, 0.05) is 10.6 Å². The molecule has 0 bridgehead atoms. The SMILES string of the molecule is Clc1ccc(-c2nc(-c3cccs3)sc2-c2ccccc2)cc1. The van der Waals surface area contributed by atoms with Gasteiger partial charge in [0.15, 0.2) is 0 Å². The second-order valence-electron chi connectivity index (χ2n) is 5.05. The summed E-state index contributed by atoms with van der Waals surface area (Å²) in [4.78, 5) is 7.31. The van der Waals surface area contributed by atoms with Crippen LogP contribution in [0.25, 0.3) is 31.6 Å². The van der Waals surface area contributed by atoms with Crippen LogP contribution in [0.15, 0.2) is 72.1 Å². The van der Waals surface area contributed by atoms with Crippen LogP contribution in [0.5, 0.6) is 0 Å². The molecule has 0 aliphatic rings. The third-order valence-corrected chi connectivity index (χ3v) is 5.91. The molecule has 0 atom stereocenters. The highest BCUT2D eigenvalue weighted by molar-refractivity contribution is 7.23. The number of halogens is 1. The topological polar surface area (TPSA) is 12.9 Å². The zero-order valence-electron chi connectivity index (χ0n) is 12.1. The monoisotopic (exact) mass is 353 g/mol. The Morgan fingerprint density at radius 1 is 0.783 bits per heavy atom. The minimum atomic E-state index is 0.740. The molecule has 0 aliphatic heterocycles. The Kier molecular flexibility index (Phi) is 4.00. The van der Waals surface area contributed by atoms with E-state index < -0.39 is 0 Å². The average molecular weight is 354 g/mol. The summed E-state index contributed by atoms with van der Waals surface area (Å²) in [6, 6.07) is 22.5. The Morgan fingerprint density at radius 3 is 2.26 bits per heavy atom.